The average Bonchev–Trinajstić information content (AvgIpc) is 2.85. The Morgan fingerprint density at radius 2 is 1.88 bits per heavy atom. The molecule has 0 unspecified atom stereocenters. The third-order valence-corrected chi connectivity index (χ3v) is 2.86. The predicted octanol–water partition coefficient (Wildman–Crippen LogP) is 4.46. The van der Waals surface area contributed by atoms with Crippen LogP contribution >= 0.6 is 0 Å². The number of nitrogens with zero attached hydrogens (tertiary/aromatic N) is 1. The molecule has 0 amide bonds. The largest absolute Gasteiger partial charge is 0.444 e. The van der Waals surface area contributed by atoms with Gasteiger partial charge in [0.1, 0.15) is 6.26 Å². The Morgan fingerprint density at radius 3 is 2.65 bits per heavy atom. The van der Waals surface area contributed by atoms with Crippen molar-refractivity contribution in [2.75, 3.05) is 0 Å². The molecule has 0 aliphatic heterocycles. The zero-order valence-corrected chi connectivity index (χ0v) is 10.4. The molecule has 90 valence electrons. The van der Waals surface area contributed by atoms with E-state index in [1.807, 2.05) is 30.3 Å². The van der Waals surface area contributed by atoms with Gasteiger partial charge >= 0.3 is 0 Å². The molecule has 0 fully saturated rings. The summed E-state index contributed by atoms with van der Waals surface area (Å²) >= 11 is 0. The van der Waals surface area contributed by atoms with Gasteiger partial charge in [-0.3, -0.25) is 0 Å². The highest BCUT2D eigenvalue weighted by atomic mass is 16.3. The Kier molecular flexibility index (Phi) is 4.37. The zero-order valence-electron chi connectivity index (χ0n) is 10.4. The summed E-state index contributed by atoms with van der Waals surface area (Å²) in [5.74, 6) is 0.732. The fourth-order valence-electron chi connectivity index (χ4n) is 1.87. The minimum atomic E-state index is 0.732. The van der Waals surface area contributed by atoms with E-state index >= 15 is 0 Å². The first-order valence-electron chi connectivity index (χ1n) is 6.40. The van der Waals surface area contributed by atoms with Crippen molar-refractivity contribution in [2.45, 2.75) is 39.0 Å². The van der Waals surface area contributed by atoms with E-state index in [0.29, 0.717) is 0 Å². The summed E-state index contributed by atoms with van der Waals surface area (Å²) in [6.45, 7) is 2.23. The van der Waals surface area contributed by atoms with Gasteiger partial charge in [-0.05, 0) is 25.0 Å². The van der Waals surface area contributed by atoms with Crippen LogP contribution in [0.1, 0.15) is 38.3 Å². The maximum atomic E-state index is 5.50. The van der Waals surface area contributed by atoms with Crippen LogP contribution in [-0.4, -0.2) is 4.98 Å². The molecule has 2 heteroatoms. The standard InChI is InChI=1S/C15H19NO/c1-2-3-4-8-11-14-12-17-15(16-14)13-9-6-5-7-10-13/h5-7,9-10,12H,2-4,8,11H2,1H3. The molecular formula is C15H19NO. The lowest BCUT2D eigenvalue weighted by molar-refractivity contribution is 0.571. The molecule has 0 bridgehead atoms. The molecule has 0 saturated heterocycles. The lowest BCUT2D eigenvalue weighted by atomic mass is 10.1. The van der Waals surface area contributed by atoms with Crippen molar-refractivity contribution in [1.82, 2.24) is 4.98 Å². The predicted molar refractivity (Wildman–Crippen MR) is 69.8 cm³/mol. The van der Waals surface area contributed by atoms with Crippen LogP contribution in [-0.2, 0) is 6.42 Å². The van der Waals surface area contributed by atoms with Crippen molar-refractivity contribution in [1.29, 1.82) is 0 Å². The Labute approximate surface area is 103 Å². The lowest BCUT2D eigenvalue weighted by Gasteiger charge is -1.95. The summed E-state index contributed by atoms with van der Waals surface area (Å²) in [7, 11) is 0. The molecular weight excluding hydrogens is 210 g/mol. The van der Waals surface area contributed by atoms with E-state index in [9.17, 15) is 0 Å². The van der Waals surface area contributed by atoms with Gasteiger partial charge < -0.3 is 4.42 Å². The molecule has 2 aromatic rings. The summed E-state index contributed by atoms with van der Waals surface area (Å²) in [4.78, 5) is 4.51. The van der Waals surface area contributed by atoms with Crippen LogP contribution in [0.4, 0.5) is 0 Å². The van der Waals surface area contributed by atoms with Gasteiger partial charge in [0.25, 0.3) is 0 Å². The highest BCUT2D eigenvalue weighted by Gasteiger charge is 2.05. The van der Waals surface area contributed by atoms with Crippen LogP contribution in [0.2, 0.25) is 0 Å². The van der Waals surface area contributed by atoms with Gasteiger partial charge in [-0.2, -0.15) is 0 Å². The molecule has 2 rings (SSSR count). The Hall–Kier alpha value is -1.57. The Morgan fingerprint density at radius 1 is 1.06 bits per heavy atom. The molecule has 0 aliphatic rings. The summed E-state index contributed by atoms with van der Waals surface area (Å²) in [5.41, 5.74) is 2.12. The number of hydrogen-bond donors (Lipinski definition) is 0. The number of aryl methyl sites for hydroxylation is 1. The van der Waals surface area contributed by atoms with Crippen LogP contribution in [0.15, 0.2) is 41.0 Å². The number of benzene rings is 1. The molecule has 17 heavy (non-hydrogen) atoms. The third-order valence-electron chi connectivity index (χ3n) is 2.86. The highest BCUT2D eigenvalue weighted by Crippen LogP contribution is 2.18. The third kappa shape index (κ3) is 3.45. The van der Waals surface area contributed by atoms with Crippen LogP contribution in [0.5, 0.6) is 0 Å². The number of rotatable bonds is 6. The van der Waals surface area contributed by atoms with Gasteiger partial charge in [-0.1, -0.05) is 44.4 Å². The van der Waals surface area contributed by atoms with Crippen molar-refractivity contribution < 1.29 is 4.42 Å². The van der Waals surface area contributed by atoms with Gasteiger partial charge in [-0.15, -0.1) is 0 Å². The van der Waals surface area contributed by atoms with Gasteiger partial charge in [0.05, 0.1) is 5.69 Å². The van der Waals surface area contributed by atoms with Crippen molar-refractivity contribution in [3.8, 4) is 11.5 Å². The van der Waals surface area contributed by atoms with Crippen LogP contribution < -0.4 is 0 Å². The summed E-state index contributed by atoms with van der Waals surface area (Å²) in [5, 5.41) is 0. The fourth-order valence-corrected chi connectivity index (χ4v) is 1.87. The van der Waals surface area contributed by atoms with Gasteiger partial charge in [0.15, 0.2) is 0 Å². The van der Waals surface area contributed by atoms with Crippen LogP contribution in [0.25, 0.3) is 11.5 Å². The summed E-state index contributed by atoms with van der Waals surface area (Å²) in [6.07, 6.45) is 7.88. The second kappa shape index (κ2) is 6.24. The van der Waals surface area contributed by atoms with Crippen molar-refractivity contribution in [3.63, 3.8) is 0 Å². The van der Waals surface area contributed by atoms with E-state index in [-0.39, 0.29) is 0 Å². The van der Waals surface area contributed by atoms with Crippen molar-refractivity contribution in [3.05, 3.63) is 42.3 Å². The van der Waals surface area contributed by atoms with Crippen LogP contribution in [0, 0.1) is 0 Å². The fraction of sp³-hybridized carbons (Fsp3) is 0.400. The van der Waals surface area contributed by atoms with E-state index in [1.54, 1.807) is 6.26 Å². The smallest absolute Gasteiger partial charge is 0.226 e. The maximum absolute atomic E-state index is 5.50. The number of oxazole rings is 1. The highest BCUT2D eigenvalue weighted by molar-refractivity contribution is 5.52. The van der Waals surface area contributed by atoms with E-state index in [0.717, 1.165) is 23.6 Å². The Balaban J connectivity index is 1.92. The van der Waals surface area contributed by atoms with Crippen LogP contribution in [0.3, 0.4) is 0 Å². The minimum absolute atomic E-state index is 0.732. The average molecular weight is 229 g/mol. The molecule has 0 radical (unpaired) electrons. The normalized spacial score (nSPS) is 10.6. The molecule has 0 aliphatic carbocycles. The van der Waals surface area contributed by atoms with Crippen molar-refractivity contribution >= 4 is 0 Å². The SMILES string of the molecule is CCCCCCc1coc(-c2ccccc2)n1. The first-order valence-corrected chi connectivity index (χ1v) is 6.40. The van der Waals surface area contributed by atoms with Crippen molar-refractivity contribution in [2.24, 2.45) is 0 Å². The quantitative estimate of drug-likeness (QED) is 0.683. The molecule has 0 saturated carbocycles. The first kappa shape index (κ1) is 11.9. The topological polar surface area (TPSA) is 26.0 Å². The van der Waals surface area contributed by atoms with Gasteiger partial charge in [0.2, 0.25) is 5.89 Å². The molecule has 2 nitrogen and oxygen atoms in total. The molecule has 1 aromatic carbocycles. The maximum Gasteiger partial charge on any atom is 0.226 e. The number of unbranched alkanes of at least 4 members (excludes halogenated alkanes) is 3. The first-order chi connectivity index (χ1) is 8.40. The summed E-state index contributed by atoms with van der Waals surface area (Å²) < 4.78 is 5.50. The minimum Gasteiger partial charge on any atom is -0.444 e. The molecule has 0 N–H and O–H groups in total. The number of hydrogen-bond acceptors (Lipinski definition) is 2. The molecule has 0 atom stereocenters. The van der Waals surface area contributed by atoms with Gasteiger partial charge in [0, 0.05) is 5.56 Å². The lowest BCUT2D eigenvalue weighted by Crippen LogP contribution is -1.86. The molecule has 1 heterocycles. The monoisotopic (exact) mass is 229 g/mol. The van der Waals surface area contributed by atoms with E-state index < -0.39 is 0 Å². The van der Waals surface area contributed by atoms with E-state index in [2.05, 4.69) is 11.9 Å². The molecule has 1 aromatic heterocycles. The second-order valence-corrected chi connectivity index (χ2v) is 4.32. The second-order valence-electron chi connectivity index (χ2n) is 4.32. The zero-order chi connectivity index (χ0) is 11.9. The summed E-state index contributed by atoms with van der Waals surface area (Å²) in [6, 6.07) is 10.0. The van der Waals surface area contributed by atoms with Gasteiger partial charge in [-0.25, -0.2) is 4.98 Å². The van der Waals surface area contributed by atoms with E-state index in [1.165, 1.54) is 25.7 Å². The Bertz CT molecular complexity index is 433. The molecule has 0 spiro atoms. The van der Waals surface area contributed by atoms with E-state index in [4.69, 9.17) is 4.42 Å². The number of aromatic nitrogens is 1.